The molecule has 0 saturated carbocycles. The fourth-order valence-electron chi connectivity index (χ4n) is 2.08. The minimum atomic E-state index is 0.845. The third kappa shape index (κ3) is 2.84. The largest absolute Gasteiger partial charge is 0.497 e. The Kier molecular flexibility index (Phi) is 3.51. The quantitative estimate of drug-likeness (QED) is 0.689. The number of rotatable bonds is 4. The van der Waals surface area contributed by atoms with Crippen LogP contribution in [-0.2, 0) is 0 Å². The van der Waals surface area contributed by atoms with Gasteiger partial charge in [0.25, 0.3) is 0 Å². The molecule has 1 aromatic carbocycles. The van der Waals surface area contributed by atoms with Crippen molar-refractivity contribution in [1.29, 1.82) is 0 Å². The molecule has 21 heavy (non-hydrogen) atoms. The fraction of sp³-hybridized carbons (Fsp3) is 0.133. The molecular formula is C15H15N5O. The third-order valence-corrected chi connectivity index (χ3v) is 3.13. The topological polar surface area (TPSA) is 57.2 Å². The van der Waals surface area contributed by atoms with Crippen LogP contribution in [0.2, 0.25) is 0 Å². The van der Waals surface area contributed by atoms with Crippen LogP contribution in [-0.4, -0.2) is 32.8 Å². The molecule has 0 aliphatic carbocycles. The average molecular weight is 281 g/mol. The molecule has 0 saturated heterocycles. The highest BCUT2D eigenvalue weighted by molar-refractivity contribution is 5.79. The van der Waals surface area contributed by atoms with Gasteiger partial charge < -0.3 is 9.30 Å². The molecule has 2 heterocycles. The summed E-state index contributed by atoms with van der Waals surface area (Å²) in [5, 5.41) is 11.7. The first-order valence-electron chi connectivity index (χ1n) is 6.48. The highest BCUT2D eigenvalue weighted by atomic mass is 16.5. The number of benzene rings is 1. The van der Waals surface area contributed by atoms with Crippen molar-refractivity contribution in [2.75, 3.05) is 7.11 Å². The first-order chi connectivity index (χ1) is 10.3. The van der Waals surface area contributed by atoms with E-state index in [2.05, 4.69) is 32.9 Å². The number of aromatic nitrogens is 4. The standard InChI is InChI=1S/C15H15N5O/c1-12-7-13(8-18-19-10-16-17-11-19)9-20(12)14-3-5-15(21-2)6-4-14/h3-11H,1-2H3/b18-8-. The summed E-state index contributed by atoms with van der Waals surface area (Å²) in [6.07, 6.45) is 6.90. The second-order valence-electron chi connectivity index (χ2n) is 4.57. The maximum Gasteiger partial charge on any atom is 0.141 e. The summed E-state index contributed by atoms with van der Waals surface area (Å²) in [5.41, 5.74) is 3.22. The van der Waals surface area contributed by atoms with Gasteiger partial charge in [-0.25, -0.2) is 4.68 Å². The van der Waals surface area contributed by atoms with Crippen LogP contribution >= 0.6 is 0 Å². The SMILES string of the molecule is COc1ccc(-n2cc(/C=N\n3cnnc3)cc2C)cc1. The summed E-state index contributed by atoms with van der Waals surface area (Å²) in [6.45, 7) is 2.06. The van der Waals surface area contributed by atoms with E-state index < -0.39 is 0 Å². The summed E-state index contributed by atoms with van der Waals surface area (Å²) >= 11 is 0. The maximum atomic E-state index is 5.18. The molecule has 106 valence electrons. The second-order valence-corrected chi connectivity index (χ2v) is 4.57. The lowest BCUT2D eigenvalue weighted by Gasteiger charge is -2.06. The molecule has 0 bridgehead atoms. The van der Waals surface area contributed by atoms with Crippen molar-refractivity contribution >= 4 is 6.21 Å². The zero-order valence-electron chi connectivity index (χ0n) is 11.8. The molecule has 0 N–H and O–H groups in total. The van der Waals surface area contributed by atoms with Crippen molar-refractivity contribution in [3.05, 3.63) is 60.4 Å². The Morgan fingerprint density at radius 2 is 1.86 bits per heavy atom. The zero-order chi connectivity index (χ0) is 14.7. The van der Waals surface area contributed by atoms with Gasteiger partial charge in [0.1, 0.15) is 18.4 Å². The van der Waals surface area contributed by atoms with Crippen molar-refractivity contribution in [3.8, 4) is 11.4 Å². The number of hydrogen-bond acceptors (Lipinski definition) is 4. The first-order valence-corrected chi connectivity index (χ1v) is 6.48. The van der Waals surface area contributed by atoms with Gasteiger partial charge in [0.15, 0.2) is 0 Å². The van der Waals surface area contributed by atoms with Crippen LogP contribution in [0.25, 0.3) is 5.69 Å². The van der Waals surface area contributed by atoms with E-state index in [0.29, 0.717) is 0 Å². The molecule has 0 radical (unpaired) electrons. The van der Waals surface area contributed by atoms with Gasteiger partial charge in [0.2, 0.25) is 0 Å². The van der Waals surface area contributed by atoms with E-state index in [1.807, 2.05) is 30.5 Å². The molecule has 0 fully saturated rings. The van der Waals surface area contributed by atoms with E-state index >= 15 is 0 Å². The van der Waals surface area contributed by atoms with Gasteiger partial charge in [0.05, 0.1) is 13.3 Å². The fourth-order valence-corrected chi connectivity index (χ4v) is 2.08. The number of aryl methyl sites for hydroxylation is 1. The van der Waals surface area contributed by atoms with E-state index in [4.69, 9.17) is 4.74 Å². The van der Waals surface area contributed by atoms with Gasteiger partial charge in [-0.05, 0) is 37.3 Å². The molecule has 0 unspecified atom stereocenters. The van der Waals surface area contributed by atoms with Gasteiger partial charge in [0, 0.05) is 23.1 Å². The predicted octanol–water partition coefficient (Wildman–Crippen LogP) is 2.27. The van der Waals surface area contributed by atoms with Crippen LogP contribution in [0.4, 0.5) is 0 Å². The van der Waals surface area contributed by atoms with Gasteiger partial charge in [-0.3, -0.25) is 0 Å². The van der Waals surface area contributed by atoms with E-state index in [1.54, 1.807) is 30.7 Å². The maximum absolute atomic E-state index is 5.18. The smallest absolute Gasteiger partial charge is 0.141 e. The van der Waals surface area contributed by atoms with Crippen molar-refractivity contribution in [2.45, 2.75) is 6.92 Å². The Morgan fingerprint density at radius 3 is 2.52 bits per heavy atom. The van der Waals surface area contributed by atoms with E-state index in [9.17, 15) is 0 Å². The Bertz CT molecular complexity index is 741. The molecule has 0 aliphatic rings. The van der Waals surface area contributed by atoms with Gasteiger partial charge in [-0.1, -0.05) is 0 Å². The van der Waals surface area contributed by atoms with Crippen molar-refractivity contribution in [2.24, 2.45) is 5.10 Å². The van der Waals surface area contributed by atoms with Crippen molar-refractivity contribution < 1.29 is 4.74 Å². The Morgan fingerprint density at radius 1 is 1.14 bits per heavy atom. The van der Waals surface area contributed by atoms with Crippen LogP contribution in [0.5, 0.6) is 5.75 Å². The summed E-state index contributed by atoms with van der Waals surface area (Å²) in [5.74, 6) is 0.845. The van der Waals surface area contributed by atoms with Crippen LogP contribution in [0.15, 0.2) is 54.3 Å². The molecule has 3 rings (SSSR count). The van der Waals surface area contributed by atoms with Crippen LogP contribution in [0, 0.1) is 6.92 Å². The van der Waals surface area contributed by atoms with E-state index in [0.717, 1.165) is 22.7 Å². The molecular weight excluding hydrogens is 266 g/mol. The zero-order valence-corrected chi connectivity index (χ0v) is 11.8. The number of ether oxygens (including phenoxy) is 1. The Balaban J connectivity index is 1.86. The lowest BCUT2D eigenvalue weighted by Crippen LogP contribution is -1.94. The minimum absolute atomic E-state index is 0.845. The summed E-state index contributed by atoms with van der Waals surface area (Å²) in [7, 11) is 1.66. The van der Waals surface area contributed by atoms with Gasteiger partial charge in [-0.2, -0.15) is 5.10 Å². The molecule has 0 amide bonds. The minimum Gasteiger partial charge on any atom is -0.497 e. The molecule has 0 spiro atoms. The summed E-state index contributed by atoms with van der Waals surface area (Å²) < 4.78 is 8.84. The second kappa shape index (κ2) is 5.62. The number of nitrogens with zero attached hydrogens (tertiary/aromatic N) is 5. The highest BCUT2D eigenvalue weighted by Gasteiger charge is 2.03. The predicted molar refractivity (Wildman–Crippen MR) is 80.1 cm³/mol. The first kappa shape index (κ1) is 13.1. The van der Waals surface area contributed by atoms with Gasteiger partial charge in [-0.15, -0.1) is 10.2 Å². The average Bonchev–Trinajstić information content (AvgIpc) is 3.15. The molecule has 0 atom stereocenters. The summed E-state index contributed by atoms with van der Waals surface area (Å²) in [4.78, 5) is 0. The van der Waals surface area contributed by atoms with Gasteiger partial charge >= 0.3 is 0 Å². The third-order valence-electron chi connectivity index (χ3n) is 3.13. The number of methoxy groups -OCH3 is 1. The van der Waals surface area contributed by atoms with E-state index in [-0.39, 0.29) is 0 Å². The normalized spacial score (nSPS) is 11.1. The monoisotopic (exact) mass is 281 g/mol. The van der Waals surface area contributed by atoms with Crippen LogP contribution in [0.3, 0.4) is 0 Å². The highest BCUT2D eigenvalue weighted by Crippen LogP contribution is 2.18. The molecule has 3 aromatic rings. The van der Waals surface area contributed by atoms with E-state index in [1.165, 1.54) is 0 Å². The lowest BCUT2D eigenvalue weighted by molar-refractivity contribution is 0.414. The molecule has 0 aliphatic heterocycles. The molecule has 6 nitrogen and oxygen atoms in total. The summed E-state index contributed by atoms with van der Waals surface area (Å²) in [6, 6.07) is 10.00. The Hall–Kier alpha value is -2.89. The van der Waals surface area contributed by atoms with Crippen molar-refractivity contribution in [3.63, 3.8) is 0 Å². The van der Waals surface area contributed by atoms with Crippen LogP contribution < -0.4 is 4.74 Å². The number of hydrogen-bond donors (Lipinski definition) is 0. The van der Waals surface area contributed by atoms with Crippen molar-refractivity contribution in [1.82, 2.24) is 19.4 Å². The lowest BCUT2D eigenvalue weighted by atomic mass is 10.3. The Labute approximate surface area is 122 Å². The van der Waals surface area contributed by atoms with Crippen LogP contribution in [0.1, 0.15) is 11.3 Å². The molecule has 6 heteroatoms. The molecule has 2 aromatic heterocycles.